The number of aryl methyl sites for hydroxylation is 1. The Morgan fingerprint density at radius 2 is 2.19 bits per heavy atom. The molecule has 1 aliphatic carbocycles. The molecule has 2 aromatic rings. The summed E-state index contributed by atoms with van der Waals surface area (Å²) in [6.45, 7) is 7.51. The normalized spacial score (nSPS) is 21.0. The molecular weight excluding hydrogens is 340 g/mol. The van der Waals surface area contributed by atoms with Crippen LogP contribution in [0.2, 0.25) is 0 Å². The van der Waals surface area contributed by atoms with Crippen molar-refractivity contribution in [1.82, 2.24) is 9.78 Å². The second kappa shape index (κ2) is 6.50. The third-order valence-electron chi connectivity index (χ3n) is 5.38. The molecule has 1 N–H and O–H groups in total. The molecule has 1 atom stereocenters. The summed E-state index contributed by atoms with van der Waals surface area (Å²) in [7, 11) is 0. The molecule has 1 saturated heterocycles. The van der Waals surface area contributed by atoms with Crippen molar-refractivity contribution >= 4 is 11.5 Å². The largest absolute Gasteiger partial charge is 0.379 e. The van der Waals surface area contributed by atoms with Gasteiger partial charge in [-0.3, -0.25) is 4.79 Å². The fourth-order valence-corrected chi connectivity index (χ4v) is 4.10. The van der Waals surface area contributed by atoms with Crippen LogP contribution in [0.5, 0.6) is 0 Å². The van der Waals surface area contributed by atoms with Gasteiger partial charge >= 0.3 is 0 Å². The van der Waals surface area contributed by atoms with Crippen molar-refractivity contribution in [1.29, 1.82) is 5.26 Å². The molecule has 0 radical (unpaired) electrons. The Labute approximate surface area is 159 Å². The maximum absolute atomic E-state index is 12.6. The first kappa shape index (κ1) is 17.7. The van der Waals surface area contributed by atoms with Gasteiger partial charge in [0.15, 0.2) is 5.78 Å². The van der Waals surface area contributed by atoms with Crippen LogP contribution in [0.1, 0.15) is 54.0 Å². The molecule has 27 heavy (non-hydrogen) atoms. The van der Waals surface area contributed by atoms with Crippen molar-refractivity contribution in [2.24, 2.45) is 5.41 Å². The predicted octanol–water partition coefficient (Wildman–Crippen LogP) is 3.41. The molecule has 0 spiro atoms. The molecule has 140 valence electrons. The van der Waals surface area contributed by atoms with Crippen LogP contribution in [-0.2, 0) is 11.2 Å². The molecule has 0 saturated carbocycles. The fraction of sp³-hybridized carbons (Fsp3) is 0.476. The number of carbonyl (C=O) groups is 1. The van der Waals surface area contributed by atoms with Gasteiger partial charge in [0.1, 0.15) is 6.07 Å². The summed E-state index contributed by atoms with van der Waals surface area (Å²) in [6.07, 6.45) is 2.27. The van der Waals surface area contributed by atoms with E-state index in [0.717, 1.165) is 47.8 Å². The number of ketones is 1. The van der Waals surface area contributed by atoms with E-state index in [1.165, 1.54) is 0 Å². The van der Waals surface area contributed by atoms with Gasteiger partial charge in [-0.1, -0.05) is 13.8 Å². The van der Waals surface area contributed by atoms with E-state index >= 15 is 0 Å². The van der Waals surface area contributed by atoms with Crippen LogP contribution >= 0.6 is 0 Å². The number of benzene rings is 1. The van der Waals surface area contributed by atoms with Crippen LogP contribution in [-0.4, -0.2) is 34.8 Å². The van der Waals surface area contributed by atoms with E-state index in [4.69, 9.17) is 4.74 Å². The van der Waals surface area contributed by atoms with E-state index in [-0.39, 0.29) is 17.2 Å². The minimum absolute atomic E-state index is 0.0802. The molecule has 2 aliphatic rings. The van der Waals surface area contributed by atoms with Crippen LogP contribution in [0.25, 0.3) is 5.69 Å². The van der Waals surface area contributed by atoms with Crippen molar-refractivity contribution in [3.63, 3.8) is 0 Å². The minimum atomic E-state index is -0.0802. The lowest BCUT2D eigenvalue weighted by molar-refractivity contribution is 0.0910. The van der Waals surface area contributed by atoms with Gasteiger partial charge in [-0.25, -0.2) is 4.68 Å². The van der Waals surface area contributed by atoms with E-state index in [9.17, 15) is 10.1 Å². The Morgan fingerprint density at radius 3 is 2.89 bits per heavy atom. The smallest absolute Gasteiger partial charge is 0.167 e. The highest BCUT2D eigenvalue weighted by molar-refractivity contribution is 5.99. The monoisotopic (exact) mass is 364 g/mol. The molecule has 2 heterocycles. The maximum atomic E-state index is 12.6. The third-order valence-corrected chi connectivity index (χ3v) is 5.38. The number of ether oxygens (including phenoxy) is 1. The highest BCUT2D eigenvalue weighted by Crippen LogP contribution is 2.37. The lowest BCUT2D eigenvalue weighted by Crippen LogP contribution is -2.28. The predicted molar refractivity (Wildman–Crippen MR) is 102 cm³/mol. The SMILES string of the molecule is Cc1nn(-c2ccc(C#N)c(N[C@H]3CCOC3)c2)c2c1C(=O)CC(C)(C)C2. The number of hydrogen-bond acceptors (Lipinski definition) is 5. The second-order valence-electron chi connectivity index (χ2n) is 8.31. The zero-order valence-electron chi connectivity index (χ0n) is 16.0. The van der Waals surface area contributed by atoms with E-state index in [1.807, 2.05) is 29.8 Å². The molecule has 1 fully saturated rings. The van der Waals surface area contributed by atoms with Gasteiger partial charge in [-0.15, -0.1) is 0 Å². The Bertz CT molecular complexity index is 946. The molecule has 6 nitrogen and oxygen atoms in total. The quantitative estimate of drug-likeness (QED) is 0.903. The number of nitrogens with one attached hydrogen (secondary N) is 1. The molecule has 0 unspecified atom stereocenters. The number of aromatic nitrogens is 2. The summed E-state index contributed by atoms with van der Waals surface area (Å²) in [6, 6.07) is 8.12. The van der Waals surface area contributed by atoms with Gasteiger partial charge in [0.2, 0.25) is 0 Å². The zero-order valence-corrected chi connectivity index (χ0v) is 16.0. The number of anilines is 1. The number of rotatable bonds is 3. The Morgan fingerprint density at radius 1 is 1.37 bits per heavy atom. The lowest BCUT2D eigenvalue weighted by atomic mass is 9.75. The van der Waals surface area contributed by atoms with Gasteiger partial charge in [0, 0.05) is 13.0 Å². The van der Waals surface area contributed by atoms with Gasteiger partial charge in [-0.2, -0.15) is 10.4 Å². The van der Waals surface area contributed by atoms with Crippen molar-refractivity contribution < 1.29 is 9.53 Å². The molecule has 4 rings (SSSR count). The molecule has 6 heteroatoms. The highest BCUT2D eigenvalue weighted by atomic mass is 16.5. The fourth-order valence-electron chi connectivity index (χ4n) is 4.10. The summed E-state index contributed by atoms with van der Waals surface area (Å²) < 4.78 is 7.31. The van der Waals surface area contributed by atoms with Gasteiger partial charge in [0.25, 0.3) is 0 Å². The van der Waals surface area contributed by atoms with Crippen molar-refractivity contribution in [3.05, 3.63) is 40.7 Å². The summed E-state index contributed by atoms with van der Waals surface area (Å²) in [5, 5.41) is 17.6. The third kappa shape index (κ3) is 3.24. The Kier molecular flexibility index (Phi) is 4.27. The maximum Gasteiger partial charge on any atom is 0.167 e. The zero-order chi connectivity index (χ0) is 19.2. The number of fused-ring (bicyclic) bond motifs is 1. The van der Waals surface area contributed by atoms with Gasteiger partial charge < -0.3 is 10.1 Å². The average molecular weight is 364 g/mol. The van der Waals surface area contributed by atoms with Gasteiger partial charge in [0.05, 0.1) is 46.5 Å². The molecule has 1 aromatic heterocycles. The number of nitrogens with zero attached hydrogens (tertiary/aromatic N) is 3. The molecule has 0 bridgehead atoms. The Balaban J connectivity index is 1.77. The minimum Gasteiger partial charge on any atom is -0.379 e. The Hall–Kier alpha value is -2.65. The average Bonchev–Trinajstić information content (AvgIpc) is 3.21. The molecule has 1 aromatic carbocycles. The number of hydrogen-bond donors (Lipinski definition) is 1. The van der Waals surface area contributed by atoms with E-state index < -0.39 is 0 Å². The number of nitriles is 1. The van der Waals surface area contributed by atoms with E-state index in [2.05, 4.69) is 30.3 Å². The molecule has 1 aliphatic heterocycles. The number of Topliss-reactive ketones (excluding diaryl/α,β-unsaturated/α-hetero) is 1. The van der Waals surface area contributed by atoms with Gasteiger partial charge in [-0.05, 0) is 43.4 Å². The van der Waals surface area contributed by atoms with E-state index in [0.29, 0.717) is 18.6 Å². The van der Waals surface area contributed by atoms with Crippen molar-refractivity contribution in [2.45, 2.75) is 46.1 Å². The highest BCUT2D eigenvalue weighted by Gasteiger charge is 2.35. The first-order chi connectivity index (χ1) is 12.9. The summed E-state index contributed by atoms with van der Waals surface area (Å²) >= 11 is 0. The van der Waals surface area contributed by atoms with Crippen LogP contribution < -0.4 is 5.32 Å². The standard InChI is InChI=1S/C21H24N4O2/c1-13-20-18(9-21(2,3)10-19(20)26)25(24-13)16-5-4-14(11-22)17(8-16)23-15-6-7-27-12-15/h4-5,8,15,23H,6-7,9-10,12H2,1-3H3/t15-/m0/s1. The molecule has 0 amide bonds. The summed E-state index contributed by atoms with van der Waals surface area (Å²) in [5.41, 5.74) is 4.67. The lowest BCUT2D eigenvalue weighted by Gasteiger charge is -2.29. The summed E-state index contributed by atoms with van der Waals surface area (Å²) in [4.78, 5) is 12.6. The van der Waals surface area contributed by atoms with Crippen molar-refractivity contribution in [2.75, 3.05) is 18.5 Å². The van der Waals surface area contributed by atoms with Crippen LogP contribution in [0, 0.1) is 23.7 Å². The number of carbonyl (C=O) groups excluding carboxylic acids is 1. The first-order valence-electron chi connectivity index (χ1n) is 9.38. The van der Waals surface area contributed by atoms with Crippen molar-refractivity contribution in [3.8, 4) is 11.8 Å². The molecular formula is C21H24N4O2. The second-order valence-corrected chi connectivity index (χ2v) is 8.31. The topological polar surface area (TPSA) is 79.9 Å². The van der Waals surface area contributed by atoms with Crippen LogP contribution in [0.15, 0.2) is 18.2 Å². The van der Waals surface area contributed by atoms with E-state index in [1.54, 1.807) is 0 Å². The van der Waals surface area contributed by atoms with Crippen LogP contribution in [0.4, 0.5) is 5.69 Å². The summed E-state index contributed by atoms with van der Waals surface area (Å²) in [5.74, 6) is 0.167. The van der Waals surface area contributed by atoms with Crippen LogP contribution in [0.3, 0.4) is 0 Å². The first-order valence-corrected chi connectivity index (χ1v) is 9.38.